The van der Waals surface area contributed by atoms with Crippen molar-refractivity contribution in [3.8, 4) is 11.1 Å². The average Bonchev–Trinajstić information content (AvgIpc) is 3.61. The molecule has 0 saturated heterocycles. The summed E-state index contributed by atoms with van der Waals surface area (Å²) in [6, 6.07) is 10.4. The van der Waals surface area contributed by atoms with E-state index in [-0.39, 0.29) is 22.2 Å². The molecule has 4 bridgehead atoms. The number of rotatable bonds is 6. The van der Waals surface area contributed by atoms with Crippen molar-refractivity contribution < 1.29 is 13.7 Å². The van der Waals surface area contributed by atoms with Crippen molar-refractivity contribution in [1.82, 2.24) is 20.1 Å². The molecule has 0 N–H and O–H groups in total. The Bertz CT molecular complexity index is 1730. The van der Waals surface area contributed by atoms with E-state index in [1.165, 1.54) is 0 Å². The fourth-order valence-corrected chi connectivity index (χ4v) is 9.17. The van der Waals surface area contributed by atoms with Crippen LogP contribution >= 0.6 is 11.3 Å². The lowest BCUT2D eigenvalue weighted by molar-refractivity contribution is -0.211. The average molecular weight is 600 g/mol. The number of fused-ring (bicyclic) bond motifs is 4. The molecule has 4 aromatic rings. The molecule has 3 heterocycles. The van der Waals surface area contributed by atoms with Crippen LogP contribution in [0.4, 0.5) is 10.2 Å². The molecule has 0 aliphatic heterocycles. The number of benzene rings is 1. The summed E-state index contributed by atoms with van der Waals surface area (Å²) in [5, 5.41) is 5.37. The molecule has 9 heteroatoms. The lowest BCUT2D eigenvalue weighted by Gasteiger charge is -2.65. The molecule has 0 radical (unpaired) electrons. The second-order valence-corrected chi connectivity index (χ2v) is 16.4. The van der Waals surface area contributed by atoms with E-state index in [0.29, 0.717) is 31.6 Å². The largest absolute Gasteiger partial charge is 0.339 e. The van der Waals surface area contributed by atoms with Crippen molar-refractivity contribution >= 4 is 33.3 Å². The minimum absolute atomic E-state index is 0.00200. The number of amides is 1. The second kappa shape index (κ2) is 8.93. The van der Waals surface area contributed by atoms with Crippen LogP contribution in [0.15, 0.2) is 41.1 Å². The fourth-order valence-electron chi connectivity index (χ4n) is 8.30. The summed E-state index contributed by atoms with van der Waals surface area (Å²) in [5.41, 5.74) is 1.16. The van der Waals surface area contributed by atoms with Crippen LogP contribution in [0.5, 0.6) is 0 Å². The molecule has 0 atom stereocenters. The number of halogens is 1. The molecular formula is C34H38FN5O2S. The molecule has 7 nitrogen and oxygen atoms in total. The zero-order chi connectivity index (χ0) is 29.8. The SMILES string of the molecule is Cc1nc2ccc(-c3ccnc(N(CC45CCC(c6nc(C(C)(C)C)no6)(CC4)CC5)C(=O)C45CC(F)(C4)C5)c3)cc2s1. The zero-order valence-electron chi connectivity index (χ0n) is 25.4. The number of aromatic nitrogens is 4. The molecule has 10 rings (SSSR count). The van der Waals surface area contributed by atoms with Crippen molar-refractivity contribution in [1.29, 1.82) is 0 Å². The van der Waals surface area contributed by atoms with Gasteiger partial charge in [-0.1, -0.05) is 32.0 Å². The number of carbonyl (C=O) groups is 1. The van der Waals surface area contributed by atoms with Crippen molar-refractivity contribution in [2.24, 2.45) is 10.8 Å². The van der Waals surface area contributed by atoms with Gasteiger partial charge in [0.1, 0.15) is 11.5 Å². The standard InChI is InChI=1S/C34H38FN5O2S/c1-21-37-24-6-5-22(15-25(24)43-21)23-7-14-36-26(16-23)40(29(41)33-17-34(35,18-33)19-33)20-31-8-11-32(12-9-31,13-10-31)28-38-27(39-42-28)30(2,3)4/h5-7,14-16H,8-13,17-20H2,1-4H3. The monoisotopic (exact) mass is 599 g/mol. The first kappa shape index (κ1) is 27.4. The van der Waals surface area contributed by atoms with Gasteiger partial charge in [-0.2, -0.15) is 4.98 Å². The molecule has 6 fully saturated rings. The molecule has 6 saturated carbocycles. The van der Waals surface area contributed by atoms with Gasteiger partial charge in [0.25, 0.3) is 0 Å². The molecule has 1 aromatic carbocycles. The van der Waals surface area contributed by atoms with Crippen molar-refractivity contribution in [2.45, 2.75) is 102 Å². The van der Waals surface area contributed by atoms with Crippen LogP contribution in [0.3, 0.4) is 0 Å². The highest BCUT2D eigenvalue weighted by atomic mass is 32.1. The first-order chi connectivity index (χ1) is 20.4. The van der Waals surface area contributed by atoms with Gasteiger partial charge in [0, 0.05) is 23.6 Å². The predicted octanol–water partition coefficient (Wildman–Crippen LogP) is 7.86. The maximum absolute atomic E-state index is 14.6. The van der Waals surface area contributed by atoms with E-state index in [0.717, 1.165) is 76.6 Å². The molecule has 43 heavy (non-hydrogen) atoms. The van der Waals surface area contributed by atoms with Crippen molar-refractivity contribution in [3.05, 3.63) is 53.3 Å². The third-order valence-electron chi connectivity index (χ3n) is 11.0. The molecule has 0 spiro atoms. The Morgan fingerprint density at radius 2 is 1.70 bits per heavy atom. The Morgan fingerprint density at radius 3 is 2.35 bits per heavy atom. The molecule has 224 valence electrons. The molecule has 0 unspecified atom stereocenters. The maximum atomic E-state index is 14.6. The highest BCUT2D eigenvalue weighted by Crippen LogP contribution is 2.70. The van der Waals surface area contributed by atoms with Crippen LogP contribution in [0, 0.1) is 17.8 Å². The van der Waals surface area contributed by atoms with Crippen LogP contribution in [-0.4, -0.2) is 38.2 Å². The molecular weight excluding hydrogens is 561 g/mol. The normalized spacial score (nSPS) is 31.1. The first-order valence-corrected chi connectivity index (χ1v) is 16.4. The van der Waals surface area contributed by atoms with Gasteiger partial charge in [0.05, 0.1) is 20.6 Å². The highest BCUT2D eigenvalue weighted by molar-refractivity contribution is 7.18. The van der Waals surface area contributed by atoms with Gasteiger partial charge in [0.15, 0.2) is 5.82 Å². The third-order valence-corrected chi connectivity index (χ3v) is 11.9. The van der Waals surface area contributed by atoms with Gasteiger partial charge >= 0.3 is 0 Å². The summed E-state index contributed by atoms with van der Waals surface area (Å²) in [5.74, 6) is 2.26. The molecule has 3 aromatic heterocycles. The third kappa shape index (κ3) is 4.28. The number of hydrogen-bond donors (Lipinski definition) is 0. The minimum Gasteiger partial charge on any atom is -0.339 e. The second-order valence-electron chi connectivity index (χ2n) is 15.1. The predicted molar refractivity (Wildman–Crippen MR) is 165 cm³/mol. The van der Waals surface area contributed by atoms with Gasteiger partial charge in [-0.3, -0.25) is 9.69 Å². The maximum Gasteiger partial charge on any atom is 0.234 e. The fraction of sp³-hybridized carbons (Fsp3) is 0.559. The quantitative estimate of drug-likeness (QED) is 0.224. The van der Waals surface area contributed by atoms with Crippen LogP contribution in [0.25, 0.3) is 21.3 Å². The summed E-state index contributed by atoms with van der Waals surface area (Å²) in [7, 11) is 0. The minimum atomic E-state index is -1.14. The van der Waals surface area contributed by atoms with Gasteiger partial charge in [0.2, 0.25) is 11.8 Å². The smallest absolute Gasteiger partial charge is 0.234 e. The molecule has 6 aliphatic carbocycles. The number of pyridine rings is 1. The van der Waals surface area contributed by atoms with E-state index >= 15 is 0 Å². The van der Waals surface area contributed by atoms with Crippen LogP contribution in [0.2, 0.25) is 0 Å². The Kier molecular flexibility index (Phi) is 5.68. The number of hydrogen-bond acceptors (Lipinski definition) is 7. The van der Waals surface area contributed by atoms with E-state index in [4.69, 9.17) is 14.5 Å². The molecule has 6 aliphatic rings. The van der Waals surface area contributed by atoms with Gasteiger partial charge < -0.3 is 4.52 Å². The van der Waals surface area contributed by atoms with Crippen LogP contribution < -0.4 is 4.90 Å². The Labute approximate surface area is 255 Å². The number of thiazole rings is 1. The van der Waals surface area contributed by atoms with Crippen LogP contribution in [0.1, 0.15) is 95.3 Å². The van der Waals surface area contributed by atoms with Gasteiger partial charge in [-0.15, -0.1) is 11.3 Å². The summed E-state index contributed by atoms with van der Waals surface area (Å²) >= 11 is 1.68. The highest BCUT2D eigenvalue weighted by Gasteiger charge is 2.73. The van der Waals surface area contributed by atoms with Crippen molar-refractivity contribution in [2.75, 3.05) is 11.4 Å². The lowest BCUT2D eigenvalue weighted by Crippen LogP contribution is -2.71. The number of aryl methyl sites for hydroxylation is 1. The number of alkyl halides is 1. The number of anilines is 1. The van der Waals surface area contributed by atoms with Gasteiger partial charge in [-0.05, 0) is 106 Å². The first-order valence-electron chi connectivity index (χ1n) is 15.6. The summed E-state index contributed by atoms with van der Waals surface area (Å²) in [4.78, 5) is 30.4. The lowest BCUT2D eigenvalue weighted by atomic mass is 9.41. The zero-order valence-corrected chi connectivity index (χ0v) is 26.2. The Balaban J connectivity index is 1.09. The number of carbonyl (C=O) groups excluding carboxylic acids is 1. The Hall–Kier alpha value is -3.20. The van der Waals surface area contributed by atoms with Crippen LogP contribution in [-0.2, 0) is 15.6 Å². The van der Waals surface area contributed by atoms with E-state index in [9.17, 15) is 9.18 Å². The van der Waals surface area contributed by atoms with E-state index in [1.807, 2.05) is 24.0 Å². The van der Waals surface area contributed by atoms with Gasteiger partial charge in [-0.25, -0.2) is 14.4 Å². The Morgan fingerprint density at radius 1 is 1.00 bits per heavy atom. The van der Waals surface area contributed by atoms with E-state index < -0.39 is 11.1 Å². The summed E-state index contributed by atoms with van der Waals surface area (Å²) in [6.45, 7) is 8.96. The van der Waals surface area contributed by atoms with E-state index in [2.05, 4.69) is 49.1 Å². The molecule has 1 amide bonds. The summed E-state index contributed by atoms with van der Waals surface area (Å²) < 4.78 is 21.6. The number of nitrogens with zero attached hydrogens (tertiary/aromatic N) is 5. The summed E-state index contributed by atoms with van der Waals surface area (Å²) in [6.07, 6.45) is 8.74. The van der Waals surface area contributed by atoms with E-state index in [1.54, 1.807) is 17.5 Å². The topological polar surface area (TPSA) is 85.0 Å². The van der Waals surface area contributed by atoms with Crippen molar-refractivity contribution in [3.63, 3.8) is 0 Å².